The Balaban J connectivity index is 2.60. The van der Waals surface area contributed by atoms with Crippen molar-refractivity contribution in [2.24, 2.45) is 0 Å². The number of aromatic amines is 1. The van der Waals surface area contributed by atoms with Crippen molar-refractivity contribution in [3.05, 3.63) is 40.3 Å². The second-order valence-corrected chi connectivity index (χ2v) is 4.20. The fraction of sp³-hybridized carbons (Fsp3) is 0.154. The van der Waals surface area contributed by atoms with Crippen LogP contribution in [-0.4, -0.2) is 25.8 Å². The van der Waals surface area contributed by atoms with E-state index in [1.54, 1.807) is 16.9 Å². The lowest BCUT2D eigenvalue weighted by molar-refractivity contribution is 0.0691. The van der Waals surface area contributed by atoms with Crippen molar-refractivity contribution in [3.8, 4) is 11.3 Å². The molecule has 0 bridgehead atoms. The zero-order valence-corrected chi connectivity index (χ0v) is 10.2. The molecular formula is C13H11N3O3. The van der Waals surface area contributed by atoms with E-state index in [2.05, 4.69) is 10.1 Å². The third kappa shape index (κ3) is 1.53. The number of benzene rings is 1. The van der Waals surface area contributed by atoms with Gasteiger partial charge in [-0.15, -0.1) is 0 Å². The van der Waals surface area contributed by atoms with Crippen molar-refractivity contribution >= 4 is 16.9 Å². The van der Waals surface area contributed by atoms with Crippen LogP contribution in [-0.2, 0) is 6.54 Å². The smallest absolute Gasteiger partial charge is 0.357 e. The monoisotopic (exact) mass is 257 g/mol. The number of rotatable bonds is 2. The number of carboxylic acid groups (broad SMARTS) is 1. The van der Waals surface area contributed by atoms with E-state index in [4.69, 9.17) is 5.11 Å². The minimum absolute atomic E-state index is 0.168. The van der Waals surface area contributed by atoms with Gasteiger partial charge in [-0.25, -0.2) is 4.79 Å². The van der Waals surface area contributed by atoms with Gasteiger partial charge in [-0.05, 0) is 19.1 Å². The van der Waals surface area contributed by atoms with E-state index in [9.17, 15) is 9.59 Å². The average Bonchev–Trinajstić information content (AvgIpc) is 2.79. The lowest BCUT2D eigenvalue weighted by Gasteiger charge is -2.07. The van der Waals surface area contributed by atoms with E-state index >= 15 is 0 Å². The van der Waals surface area contributed by atoms with Crippen molar-refractivity contribution in [2.75, 3.05) is 0 Å². The zero-order chi connectivity index (χ0) is 13.6. The summed E-state index contributed by atoms with van der Waals surface area (Å²) >= 11 is 0. The molecule has 0 spiro atoms. The topological polar surface area (TPSA) is 88.0 Å². The molecule has 6 nitrogen and oxygen atoms in total. The maximum absolute atomic E-state index is 12.1. The molecule has 0 atom stereocenters. The molecule has 2 aliphatic rings. The fourth-order valence-electron chi connectivity index (χ4n) is 2.33. The van der Waals surface area contributed by atoms with E-state index in [1.807, 2.05) is 13.0 Å². The molecule has 0 aromatic carbocycles. The molecular weight excluding hydrogens is 246 g/mol. The predicted octanol–water partition coefficient (Wildman–Crippen LogP) is 1.55. The quantitative estimate of drug-likeness (QED) is 0.729. The number of hydrogen-bond donors (Lipinski definition) is 2. The number of aryl methyl sites for hydroxylation is 1. The van der Waals surface area contributed by atoms with Crippen molar-refractivity contribution in [2.45, 2.75) is 13.5 Å². The third-order valence-electron chi connectivity index (χ3n) is 3.12. The van der Waals surface area contributed by atoms with E-state index in [0.717, 1.165) is 5.56 Å². The largest absolute Gasteiger partial charge is 0.476 e. The maximum Gasteiger partial charge on any atom is 0.357 e. The first kappa shape index (κ1) is 11.5. The highest BCUT2D eigenvalue weighted by Gasteiger charge is 2.22. The minimum atomic E-state index is -1.19. The summed E-state index contributed by atoms with van der Waals surface area (Å²) in [5.41, 5.74) is 1.51. The summed E-state index contributed by atoms with van der Waals surface area (Å²) in [6.45, 7) is 2.35. The van der Waals surface area contributed by atoms with Gasteiger partial charge in [-0.3, -0.25) is 9.48 Å². The van der Waals surface area contributed by atoms with Gasteiger partial charge in [0.1, 0.15) is 0 Å². The van der Waals surface area contributed by atoms with Crippen molar-refractivity contribution in [3.63, 3.8) is 0 Å². The van der Waals surface area contributed by atoms with Crippen LogP contribution < -0.4 is 5.43 Å². The molecule has 1 aliphatic carbocycles. The summed E-state index contributed by atoms with van der Waals surface area (Å²) < 4.78 is 1.55. The average molecular weight is 257 g/mol. The summed E-state index contributed by atoms with van der Waals surface area (Å²) in [6, 6.07) is 5.05. The number of H-pyrrole nitrogens is 1. The molecule has 1 aromatic rings. The van der Waals surface area contributed by atoms with Gasteiger partial charge in [-0.2, -0.15) is 5.10 Å². The van der Waals surface area contributed by atoms with Gasteiger partial charge in [-0.1, -0.05) is 0 Å². The first-order valence-corrected chi connectivity index (χ1v) is 5.87. The molecule has 19 heavy (non-hydrogen) atoms. The first-order chi connectivity index (χ1) is 9.13. The van der Waals surface area contributed by atoms with Gasteiger partial charge >= 0.3 is 5.97 Å². The standard InChI is InChI=1S/C13H11N3O3/c1-2-16-12-7-4-3-5-14-8(7)6-9(17)10(12)11(15-16)13(18)19/h3-6,14H,2H2,1H3,(H,18,19). The molecule has 0 amide bonds. The molecule has 2 N–H and O–H groups in total. The van der Waals surface area contributed by atoms with Crippen molar-refractivity contribution in [1.82, 2.24) is 14.8 Å². The van der Waals surface area contributed by atoms with Crippen LogP contribution in [0, 0.1) is 0 Å². The number of aromatic nitrogens is 3. The minimum Gasteiger partial charge on any atom is -0.476 e. The molecule has 0 saturated heterocycles. The number of pyridine rings is 1. The Bertz CT molecular complexity index is 816. The number of nitrogens with zero attached hydrogens (tertiary/aromatic N) is 2. The Hall–Kier alpha value is -2.63. The van der Waals surface area contributed by atoms with E-state index in [0.29, 0.717) is 17.8 Å². The van der Waals surface area contributed by atoms with Crippen LogP contribution >= 0.6 is 0 Å². The number of carbonyl (C=O) groups is 1. The second-order valence-electron chi connectivity index (χ2n) is 4.20. The van der Waals surface area contributed by atoms with Gasteiger partial charge in [0, 0.05) is 24.4 Å². The van der Waals surface area contributed by atoms with E-state index in [1.165, 1.54) is 6.07 Å². The molecule has 96 valence electrons. The van der Waals surface area contributed by atoms with Crippen LogP contribution in [0.2, 0.25) is 0 Å². The third-order valence-corrected chi connectivity index (χ3v) is 3.12. The zero-order valence-electron chi connectivity index (χ0n) is 10.2. The SMILES string of the molecule is CCn1nc(C(=O)O)c2c(=O)cc3[nH]cccc-3c21. The van der Waals surface area contributed by atoms with Gasteiger partial charge in [0.25, 0.3) is 0 Å². The normalized spacial score (nSPS) is 11.2. The van der Waals surface area contributed by atoms with Crippen molar-refractivity contribution < 1.29 is 9.90 Å². The Morgan fingerprint density at radius 1 is 1.53 bits per heavy atom. The Kier molecular flexibility index (Phi) is 2.38. The number of fused-ring (bicyclic) bond motifs is 3. The van der Waals surface area contributed by atoms with E-state index < -0.39 is 5.97 Å². The molecule has 0 saturated carbocycles. The van der Waals surface area contributed by atoms with E-state index in [-0.39, 0.29) is 16.5 Å². The lowest BCUT2D eigenvalue weighted by atomic mass is 10.0. The summed E-state index contributed by atoms with van der Waals surface area (Å²) in [4.78, 5) is 26.3. The van der Waals surface area contributed by atoms with Gasteiger partial charge in [0.15, 0.2) is 11.1 Å². The van der Waals surface area contributed by atoms with Crippen LogP contribution in [0.4, 0.5) is 0 Å². The maximum atomic E-state index is 12.1. The highest BCUT2D eigenvalue weighted by molar-refractivity contribution is 6.06. The van der Waals surface area contributed by atoms with Crippen LogP contribution in [0.1, 0.15) is 17.4 Å². The molecule has 0 radical (unpaired) electrons. The van der Waals surface area contributed by atoms with Gasteiger partial charge < -0.3 is 10.1 Å². The first-order valence-electron chi connectivity index (χ1n) is 5.87. The number of carboxylic acids is 1. The highest BCUT2D eigenvalue weighted by atomic mass is 16.4. The van der Waals surface area contributed by atoms with Crippen LogP contribution in [0.3, 0.4) is 0 Å². The van der Waals surface area contributed by atoms with Gasteiger partial charge in [0.2, 0.25) is 0 Å². The van der Waals surface area contributed by atoms with Crippen LogP contribution in [0.5, 0.6) is 0 Å². The van der Waals surface area contributed by atoms with Crippen LogP contribution in [0.25, 0.3) is 22.2 Å². The number of nitrogens with one attached hydrogen (secondary N) is 1. The summed E-state index contributed by atoms with van der Waals surface area (Å²) in [5.74, 6) is -1.19. The fourth-order valence-corrected chi connectivity index (χ4v) is 2.33. The highest BCUT2D eigenvalue weighted by Crippen LogP contribution is 2.28. The Morgan fingerprint density at radius 3 is 3.00 bits per heavy atom. The summed E-state index contributed by atoms with van der Waals surface area (Å²) in [7, 11) is 0. The summed E-state index contributed by atoms with van der Waals surface area (Å²) in [5, 5.41) is 13.4. The van der Waals surface area contributed by atoms with Crippen molar-refractivity contribution in [1.29, 1.82) is 0 Å². The Labute approximate surface area is 107 Å². The molecule has 0 fully saturated rings. The molecule has 0 unspecified atom stereocenters. The van der Waals surface area contributed by atoms with Crippen LogP contribution in [0.15, 0.2) is 29.2 Å². The van der Waals surface area contributed by atoms with Gasteiger partial charge in [0.05, 0.1) is 16.6 Å². The molecule has 2 heterocycles. The molecule has 1 aliphatic heterocycles. The molecule has 3 rings (SSSR count). The number of aromatic carboxylic acids is 1. The predicted molar refractivity (Wildman–Crippen MR) is 69.6 cm³/mol. The summed E-state index contributed by atoms with van der Waals surface area (Å²) in [6.07, 6.45) is 1.72. The Morgan fingerprint density at radius 2 is 2.32 bits per heavy atom. The molecule has 1 aromatic heterocycles. The number of hydrogen-bond acceptors (Lipinski definition) is 3. The lowest BCUT2D eigenvalue weighted by Crippen LogP contribution is -2.07. The second kappa shape index (κ2) is 3.94. The molecule has 6 heteroatoms.